The lowest BCUT2D eigenvalue weighted by Crippen LogP contribution is -2.38. The van der Waals surface area contributed by atoms with Crippen LogP contribution in [-0.2, 0) is 4.79 Å². The first kappa shape index (κ1) is 14.6. The largest absolute Gasteiger partial charge is 0.480 e. The summed E-state index contributed by atoms with van der Waals surface area (Å²) in [7, 11) is 0. The molecule has 2 N–H and O–H groups in total. The average molecular weight is 279 g/mol. The third-order valence-electron chi connectivity index (χ3n) is 3.93. The highest BCUT2D eigenvalue weighted by Crippen LogP contribution is 2.29. The second-order valence-electron chi connectivity index (χ2n) is 5.41. The van der Waals surface area contributed by atoms with Crippen LogP contribution in [0.3, 0.4) is 0 Å². The summed E-state index contributed by atoms with van der Waals surface area (Å²) in [5.41, 5.74) is 1.27. The van der Waals surface area contributed by atoms with Gasteiger partial charge in [0, 0.05) is 5.69 Å². The highest BCUT2D eigenvalue weighted by molar-refractivity contribution is 5.97. The number of carboxylic acid groups (broad SMARTS) is 1. The van der Waals surface area contributed by atoms with Gasteiger partial charge in [0.05, 0.1) is 17.8 Å². The molecular weight excluding hydrogens is 258 g/mol. The molecule has 0 spiro atoms. The minimum Gasteiger partial charge on any atom is -0.480 e. The number of nitrogens with one attached hydrogen (secondary N) is 1. The monoisotopic (exact) mass is 279 g/mol. The van der Waals surface area contributed by atoms with Gasteiger partial charge in [-0.05, 0) is 26.7 Å². The molecule has 0 aliphatic heterocycles. The second kappa shape index (κ2) is 6.07. The number of carbonyl (C=O) groups excluding carboxylic acids is 1. The lowest BCUT2D eigenvalue weighted by Gasteiger charge is -2.23. The maximum Gasteiger partial charge on any atom is 0.325 e. The average Bonchev–Trinajstić information content (AvgIpc) is 2.81. The van der Waals surface area contributed by atoms with E-state index < -0.39 is 12.0 Å². The summed E-state index contributed by atoms with van der Waals surface area (Å²) >= 11 is 0. The Labute approximate surface area is 118 Å². The van der Waals surface area contributed by atoms with Crippen molar-refractivity contribution in [1.29, 1.82) is 0 Å². The van der Waals surface area contributed by atoms with Crippen LogP contribution in [0.25, 0.3) is 0 Å². The number of carboxylic acids is 1. The minimum absolute atomic E-state index is 0.363. The predicted molar refractivity (Wildman–Crippen MR) is 73.7 cm³/mol. The summed E-state index contributed by atoms with van der Waals surface area (Å²) in [6.45, 7) is 3.31. The first-order valence-corrected chi connectivity index (χ1v) is 7.08. The Balaban J connectivity index is 2.11. The number of aliphatic carboxylic acids is 1. The van der Waals surface area contributed by atoms with Gasteiger partial charge in [0.1, 0.15) is 6.04 Å². The molecular formula is C14H21N3O3. The van der Waals surface area contributed by atoms with Crippen molar-refractivity contribution in [2.75, 3.05) is 0 Å². The van der Waals surface area contributed by atoms with Crippen LogP contribution in [0.15, 0.2) is 6.20 Å². The molecule has 1 aromatic rings. The fourth-order valence-electron chi connectivity index (χ4n) is 2.68. The van der Waals surface area contributed by atoms with E-state index in [0.29, 0.717) is 11.6 Å². The van der Waals surface area contributed by atoms with Gasteiger partial charge in [-0.3, -0.25) is 14.3 Å². The van der Waals surface area contributed by atoms with Gasteiger partial charge in [-0.2, -0.15) is 5.10 Å². The predicted octanol–water partition coefficient (Wildman–Crippen LogP) is 1.90. The Kier molecular flexibility index (Phi) is 4.42. The summed E-state index contributed by atoms with van der Waals surface area (Å²) in [6, 6.07) is -0.540. The van der Waals surface area contributed by atoms with Gasteiger partial charge in [-0.1, -0.05) is 19.3 Å². The molecule has 1 amide bonds. The SMILES string of the molecule is Cc1c(C(=O)N[C@H](C)C(=O)O)cnn1C1CCCCC1. The summed E-state index contributed by atoms with van der Waals surface area (Å²) < 4.78 is 1.92. The van der Waals surface area contributed by atoms with Gasteiger partial charge in [-0.15, -0.1) is 0 Å². The highest BCUT2D eigenvalue weighted by atomic mass is 16.4. The smallest absolute Gasteiger partial charge is 0.325 e. The van der Waals surface area contributed by atoms with E-state index >= 15 is 0 Å². The Morgan fingerprint density at radius 1 is 1.40 bits per heavy atom. The van der Waals surface area contributed by atoms with Crippen LogP contribution in [0.5, 0.6) is 0 Å². The Hall–Kier alpha value is -1.85. The molecule has 0 aromatic carbocycles. The van der Waals surface area contributed by atoms with Crippen molar-refractivity contribution < 1.29 is 14.7 Å². The maximum absolute atomic E-state index is 12.0. The van der Waals surface area contributed by atoms with Crippen molar-refractivity contribution >= 4 is 11.9 Å². The van der Waals surface area contributed by atoms with E-state index in [1.807, 2.05) is 11.6 Å². The molecule has 2 rings (SSSR count). The molecule has 1 atom stereocenters. The Bertz CT molecular complexity index is 504. The van der Waals surface area contributed by atoms with Crippen molar-refractivity contribution in [2.24, 2.45) is 0 Å². The van der Waals surface area contributed by atoms with Crippen LogP contribution in [0.2, 0.25) is 0 Å². The molecule has 1 fully saturated rings. The van der Waals surface area contributed by atoms with Gasteiger partial charge in [-0.25, -0.2) is 0 Å². The quantitative estimate of drug-likeness (QED) is 0.881. The lowest BCUT2D eigenvalue weighted by atomic mass is 9.95. The number of hydrogen-bond acceptors (Lipinski definition) is 3. The maximum atomic E-state index is 12.0. The summed E-state index contributed by atoms with van der Waals surface area (Å²) in [5, 5.41) is 15.6. The third-order valence-corrected chi connectivity index (χ3v) is 3.93. The number of aromatic nitrogens is 2. The van der Waals surface area contributed by atoms with Crippen LogP contribution < -0.4 is 5.32 Å². The van der Waals surface area contributed by atoms with E-state index in [0.717, 1.165) is 18.5 Å². The molecule has 110 valence electrons. The molecule has 6 heteroatoms. The van der Waals surface area contributed by atoms with Crippen molar-refractivity contribution in [3.8, 4) is 0 Å². The van der Waals surface area contributed by atoms with Crippen LogP contribution in [0, 0.1) is 6.92 Å². The molecule has 0 bridgehead atoms. The molecule has 1 saturated carbocycles. The Morgan fingerprint density at radius 2 is 2.05 bits per heavy atom. The number of rotatable bonds is 4. The highest BCUT2D eigenvalue weighted by Gasteiger charge is 2.23. The molecule has 1 aromatic heterocycles. The van der Waals surface area contributed by atoms with E-state index in [9.17, 15) is 9.59 Å². The standard InChI is InChI=1S/C14H21N3O3/c1-9(14(19)20)16-13(18)12-8-15-17(10(12)2)11-6-4-3-5-7-11/h8-9,11H,3-7H2,1-2H3,(H,16,18)(H,19,20)/t9-/m1/s1. The number of nitrogens with zero attached hydrogens (tertiary/aromatic N) is 2. The number of amides is 1. The van der Waals surface area contributed by atoms with Gasteiger partial charge >= 0.3 is 5.97 Å². The van der Waals surface area contributed by atoms with E-state index in [-0.39, 0.29) is 5.91 Å². The van der Waals surface area contributed by atoms with E-state index in [1.54, 1.807) is 0 Å². The molecule has 20 heavy (non-hydrogen) atoms. The summed E-state index contributed by atoms with van der Waals surface area (Å²) in [5.74, 6) is -1.42. The molecule has 1 heterocycles. The number of hydrogen-bond donors (Lipinski definition) is 2. The molecule has 1 aliphatic carbocycles. The minimum atomic E-state index is -1.05. The van der Waals surface area contributed by atoms with E-state index in [4.69, 9.17) is 5.11 Å². The molecule has 6 nitrogen and oxygen atoms in total. The van der Waals surface area contributed by atoms with Crippen LogP contribution in [0.4, 0.5) is 0 Å². The summed E-state index contributed by atoms with van der Waals surface area (Å²) in [6.07, 6.45) is 7.38. The lowest BCUT2D eigenvalue weighted by molar-refractivity contribution is -0.138. The number of carbonyl (C=O) groups is 2. The normalized spacial score (nSPS) is 17.7. The van der Waals surface area contributed by atoms with Gasteiger partial charge in [0.2, 0.25) is 0 Å². The second-order valence-corrected chi connectivity index (χ2v) is 5.41. The van der Waals surface area contributed by atoms with Crippen molar-refractivity contribution in [2.45, 2.75) is 58.0 Å². The fraction of sp³-hybridized carbons (Fsp3) is 0.643. The van der Waals surface area contributed by atoms with Crippen LogP contribution in [0.1, 0.15) is 61.1 Å². The first-order valence-electron chi connectivity index (χ1n) is 7.08. The fourth-order valence-corrected chi connectivity index (χ4v) is 2.68. The molecule has 0 radical (unpaired) electrons. The van der Waals surface area contributed by atoms with E-state index in [2.05, 4.69) is 10.4 Å². The van der Waals surface area contributed by atoms with E-state index in [1.165, 1.54) is 32.4 Å². The molecule has 0 unspecified atom stereocenters. The van der Waals surface area contributed by atoms with Crippen molar-refractivity contribution in [3.63, 3.8) is 0 Å². The molecule has 1 aliphatic rings. The van der Waals surface area contributed by atoms with Crippen LogP contribution in [-0.4, -0.2) is 32.8 Å². The van der Waals surface area contributed by atoms with Crippen molar-refractivity contribution in [3.05, 3.63) is 17.5 Å². The molecule has 0 saturated heterocycles. The topological polar surface area (TPSA) is 84.2 Å². The zero-order chi connectivity index (χ0) is 14.7. The zero-order valence-corrected chi connectivity index (χ0v) is 11.9. The van der Waals surface area contributed by atoms with Crippen LogP contribution >= 0.6 is 0 Å². The van der Waals surface area contributed by atoms with Gasteiger partial charge in [0.25, 0.3) is 5.91 Å². The van der Waals surface area contributed by atoms with Crippen molar-refractivity contribution in [1.82, 2.24) is 15.1 Å². The van der Waals surface area contributed by atoms with Gasteiger partial charge in [0.15, 0.2) is 0 Å². The third kappa shape index (κ3) is 3.00. The Morgan fingerprint density at radius 3 is 2.65 bits per heavy atom. The first-order chi connectivity index (χ1) is 9.50. The zero-order valence-electron chi connectivity index (χ0n) is 11.9. The summed E-state index contributed by atoms with van der Waals surface area (Å²) in [4.78, 5) is 22.8. The van der Waals surface area contributed by atoms with Gasteiger partial charge < -0.3 is 10.4 Å².